The Morgan fingerprint density at radius 2 is 1.81 bits per heavy atom. The van der Waals surface area contributed by atoms with Crippen LogP contribution in [0.25, 0.3) is 0 Å². The summed E-state index contributed by atoms with van der Waals surface area (Å²) in [7, 11) is 0. The van der Waals surface area contributed by atoms with Gasteiger partial charge in [-0.05, 0) is 25.1 Å². The molecular weight excluding hydrogens is 306 g/mol. The molecule has 0 aliphatic heterocycles. The summed E-state index contributed by atoms with van der Waals surface area (Å²) in [6.07, 6.45) is -11.9. The van der Waals surface area contributed by atoms with Crippen molar-refractivity contribution in [2.45, 2.75) is 25.4 Å². The van der Waals surface area contributed by atoms with Crippen LogP contribution in [0.1, 0.15) is 18.1 Å². The number of nitrogens with zero attached hydrogens (tertiary/aromatic N) is 1. The van der Waals surface area contributed by atoms with Crippen molar-refractivity contribution in [3.05, 3.63) is 29.3 Å². The Balaban J connectivity index is 3.23. The van der Waals surface area contributed by atoms with E-state index in [2.05, 4.69) is 9.89 Å². The molecule has 21 heavy (non-hydrogen) atoms. The predicted molar refractivity (Wildman–Crippen MR) is 60.1 cm³/mol. The largest absolute Gasteiger partial charge is 0.481 e. The molecule has 0 radical (unpaired) electrons. The highest BCUT2D eigenvalue weighted by Gasteiger charge is 2.39. The molecule has 3 N–H and O–H groups in total. The fourth-order valence-electron chi connectivity index (χ4n) is 1.38. The number of benzene rings is 1. The van der Waals surface area contributed by atoms with Gasteiger partial charge < -0.3 is 15.7 Å². The van der Waals surface area contributed by atoms with Gasteiger partial charge in [0.1, 0.15) is 5.75 Å². The van der Waals surface area contributed by atoms with Gasteiger partial charge in [-0.15, -0.1) is 0 Å². The minimum Gasteiger partial charge on any atom is -0.481 e. The maximum absolute atomic E-state index is 12.8. The lowest BCUT2D eigenvalue weighted by Crippen LogP contribution is -2.31. The van der Waals surface area contributed by atoms with E-state index in [1.54, 1.807) is 0 Å². The van der Waals surface area contributed by atoms with Crippen molar-refractivity contribution in [3.8, 4) is 5.75 Å². The number of ether oxygens (including phenoxy) is 1. The second kappa shape index (κ2) is 5.70. The summed E-state index contributed by atoms with van der Waals surface area (Å²) in [6.45, 7) is 0.657. The summed E-state index contributed by atoms with van der Waals surface area (Å²) in [5, 5.41) is 10.9. The summed E-state index contributed by atoms with van der Waals surface area (Å²) in [4.78, 5) is 0. The molecule has 0 fully saturated rings. The van der Waals surface area contributed by atoms with Gasteiger partial charge >= 0.3 is 12.4 Å². The summed E-state index contributed by atoms with van der Waals surface area (Å²) >= 11 is 0. The number of oxime groups is 1. The molecule has 1 aromatic rings. The number of rotatable bonds is 3. The Kier molecular flexibility index (Phi) is 4.59. The SMILES string of the molecule is CC(Oc1ccc(C(N)=NO)c(C(F)(F)F)c1)C(F)(F)F. The highest BCUT2D eigenvalue weighted by Crippen LogP contribution is 2.35. The maximum Gasteiger partial charge on any atom is 0.425 e. The second-order valence-corrected chi connectivity index (χ2v) is 3.99. The molecule has 1 aromatic carbocycles. The van der Waals surface area contributed by atoms with Crippen LogP contribution in [0.3, 0.4) is 0 Å². The first-order valence-electron chi connectivity index (χ1n) is 5.39. The van der Waals surface area contributed by atoms with Gasteiger partial charge in [0.15, 0.2) is 11.9 Å². The number of nitrogens with two attached hydrogens (primary N) is 1. The topological polar surface area (TPSA) is 67.8 Å². The fraction of sp³-hybridized carbons (Fsp3) is 0.364. The Morgan fingerprint density at radius 3 is 2.24 bits per heavy atom. The molecular formula is C11H10F6N2O2. The van der Waals surface area contributed by atoms with E-state index in [0.29, 0.717) is 13.0 Å². The van der Waals surface area contributed by atoms with Crippen molar-refractivity contribution in [2.75, 3.05) is 0 Å². The highest BCUT2D eigenvalue weighted by molar-refractivity contribution is 5.98. The van der Waals surface area contributed by atoms with Crippen LogP contribution in [0.2, 0.25) is 0 Å². The molecule has 10 heteroatoms. The molecule has 0 saturated carbocycles. The van der Waals surface area contributed by atoms with Gasteiger partial charge in [-0.1, -0.05) is 5.16 Å². The molecule has 0 aliphatic rings. The minimum atomic E-state index is -4.91. The van der Waals surface area contributed by atoms with Crippen LogP contribution in [0.15, 0.2) is 23.4 Å². The lowest BCUT2D eigenvalue weighted by molar-refractivity contribution is -0.189. The lowest BCUT2D eigenvalue weighted by Gasteiger charge is -2.19. The molecule has 1 unspecified atom stereocenters. The molecule has 0 bridgehead atoms. The molecule has 0 spiro atoms. The van der Waals surface area contributed by atoms with Gasteiger partial charge in [0.25, 0.3) is 0 Å². The van der Waals surface area contributed by atoms with Gasteiger partial charge in [0, 0.05) is 5.56 Å². The summed E-state index contributed by atoms with van der Waals surface area (Å²) < 4.78 is 79.8. The third-order valence-corrected chi connectivity index (χ3v) is 2.45. The number of hydrogen-bond donors (Lipinski definition) is 2. The quantitative estimate of drug-likeness (QED) is 0.296. The average molecular weight is 316 g/mol. The highest BCUT2D eigenvalue weighted by atomic mass is 19.4. The zero-order chi connectivity index (χ0) is 16.4. The third kappa shape index (κ3) is 4.17. The van der Waals surface area contributed by atoms with Crippen molar-refractivity contribution in [2.24, 2.45) is 10.9 Å². The van der Waals surface area contributed by atoms with Crippen LogP contribution in [-0.2, 0) is 6.18 Å². The van der Waals surface area contributed by atoms with E-state index < -0.39 is 41.2 Å². The predicted octanol–water partition coefficient (Wildman–Crippen LogP) is 3.13. The van der Waals surface area contributed by atoms with Crippen molar-refractivity contribution >= 4 is 5.84 Å². The average Bonchev–Trinajstić information content (AvgIpc) is 2.35. The lowest BCUT2D eigenvalue weighted by atomic mass is 10.1. The van der Waals surface area contributed by atoms with Gasteiger partial charge in [-0.2, -0.15) is 26.3 Å². The molecule has 4 nitrogen and oxygen atoms in total. The first-order chi connectivity index (χ1) is 9.46. The van der Waals surface area contributed by atoms with E-state index in [-0.39, 0.29) is 0 Å². The number of amidine groups is 1. The number of alkyl halides is 6. The molecule has 0 aliphatic carbocycles. The van der Waals surface area contributed by atoms with E-state index in [4.69, 9.17) is 10.9 Å². The van der Waals surface area contributed by atoms with E-state index in [1.165, 1.54) is 0 Å². The molecule has 118 valence electrons. The minimum absolute atomic E-state index is 0.357. The van der Waals surface area contributed by atoms with Crippen LogP contribution in [0.5, 0.6) is 5.75 Å². The fourth-order valence-corrected chi connectivity index (χ4v) is 1.38. The number of halogens is 6. The Labute approximate surface area is 114 Å². The Hall–Kier alpha value is -2.13. The van der Waals surface area contributed by atoms with Crippen LogP contribution in [0, 0.1) is 0 Å². The molecule has 1 atom stereocenters. The van der Waals surface area contributed by atoms with Gasteiger partial charge in [-0.25, -0.2) is 0 Å². The zero-order valence-corrected chi connectivity index (χ0v) is 10.5. The molecule has 1 rings (SSSR count). The van der Waals surface area contributed by atoms with Crippen molar-refractivity contribution < 1.29 is 36.3 Å². The normalized spacial score (nSPS) is 14.9. The van der Waals surface area contributed by atoms with Gasteiger partial charge in [0.2, 0.25) is 0 Å². The molecule has 0 heterocycles. The monoisotopic (exact) mass is 316 g/mol. The van der Waals surface area contributed by atoms with Crippen molar-refractivity contribution in [1.82, 2.24) is 0 Å². The summed E-state index contributed by atoms with van der Waals surface area (Å²) in [6, 6.07) is 1.98. The van der Waals surface area contributed by atoms with Crippen LogP contribution in [0.4, 0.5) is 26.3 Å². The van der Waals surface area contributed by atoms with Gasteiger partial charge in [0.05, 0.1) is 5.56 Å². The standard InChI is InChI=1S/C11H10F6N2O2/c1-5(10(12,13)14)21-6-2-3-7(9(18)19-20)8(4-6)11(15,16)17/h2-5,20H,1H3,(H2,18,19). The molecule has 0 saturated heterocycles. The Bertz CT molecular complexity index is 538. The number of hydrogen-bond acceptors (Lipinski definition) is 3. The van der Waals surface area contributed by atoms with E-state index in [1.807, 2.05) is 0 Å². The van der Waals surface area contributed by atoms with E-state index >= 15 is 0 Å². The molecule has 0 amide bonds. The second-order valence-electron chi connectivity index (χ2n) is 3.99. The first kappa shape index (κ1) is 16.9. The summed E-state index contributed by atoms with van der Waals surface area (Å²) in [5.41, 5.74) is 3.05. The smallest absolute Gasteiger partial charge is 0.425 e. The van der Waals surface area contributed by atoms with Crippen LogP contribution < -0.4 is 10.5 Å². The maximum atomic E-state index is 12.8. The molecule has 0 aromatic heterocycles. The van der Waals surface area contributed by atoms with Crippen molar-refractivity contribution in [3.63, 3.8) is 0 Å². The van der Waals surface area contributed by atoms with Crippen LogP contribution in [-0.4, -0.2) is 23.3 Å². The summed E-state index contributed by atoms with van der Waals surface area (Å²) in [5.74, 6) is -1.46. The zero-order valence-electron chi connectivity index (χ0n) is 10.5. The first-order valence-corrected chi connectivity index (χ1v) is 5.39. The van der Waals surface area contributed by atoms with Crippen molar-refractivity contribution in [1.29, 1.82) is 0 Å². The third-order valence-electron chi connectivity index (χ3n) is 2.45. The van der Waals surface area contributed by atoms with Crippen LogP contribution >= 0.6 is 0 Å². The Morgan fingerprint density at radius 1 is 1.24 bits per heavy atom. The van der Waals surface area contributed by atoms with E-state index in [0.717, 1.165) is 12.1 Å². The van der Waals surface area contributed by atoms with E-state index in [9.17, 15) is 26.3 Å². The van der Waals surface area contributed by atoms with Gasteiger partial charge in [-0.3, -0.25) is 0 Å².